The summed E-state index contributed by atoms with van der Waals surface area (Å²) in [6, 6.07) is 9.84. The van der Waals surface area contributed by atoms with Crippen LogP contribution in [0, 0.1) is 5.92 Å². The number of carboxylic acid groups (broad SMARTS) is 1. The Morgan fingerprint density at radius 2 is 1.91 bits per heavy atom. The van der Waals surface area contributed by atoms with Crippen LogP contribution in [-0.2, 0) is 6.54 Å². The molecule has 0 atom stereocenters. The first kappa shape index (κ1) is 16.5. The second-order valence-electron chi connectivity index (χ2n) is 5.82. The van der Waals surface area contributed by atoms with Crippen molar-refractivity contribution in [2.45, 2.75) is 38.3 Å². The van der Waals surface area contributed by atoms with Gasteiger partial charge in [0, 0.05) is 19.1 Å². The van der Waals surface area contributed by atoms with Crippen molar-refractivity contribution in [2.75, 3.05) is 6.54 Å². The van der Waals surface area contributed by atoms with E-state index < -0.39 is 6.09 Å². The smallest absolute Gasteiger partial charge is 0.407 e. The Labute approximate surface area is 136 Å². The van der Waals surface area contributed by atoms with Crippen molar-refractivity contribution >= 4 is 23.4 Å². The van der Waals surface area contributed by atoms with E-state index in [1.54, 1.807) is 4.90 Å². The van der Waals surface area contributed by atoms with Gasteiger partial charge in [0.05, 0.1) is 0 Å². The summed E-state index contributed by atoms with van der Waals surface area (Å²) in [4.78, 5) is 13.2. The Morgan fingerprint density at radius 3 is 2.45 bits per heavy atom. The summed E-state index contributed by atoms with van der Waals surface area (Å²) in [5.74, 6) is 0.519. The van der Waals surface area contributed by atoms with Gasteiger partial charge < -0.3 is 21.1 Å². The monoisotopic (exact) mass is 321 g/mol. The molecule has 1 fully saturated rings. The molecule has 0 spiro atoms. The van der Waals surface area contributed by atoms with Gasteiger partial charge in [-0.3, -0.25) is 0 Å². The maximum Gasteiger partial charge on any atom is 0.407 e. The van der Waals surface area contributed by atoms with Gasteiger partial charge in [0.1, 0.15) is 0 Å². The van der Waals surface area contributed by atoms with Gasteiger partial charge in [0.15, 0.2) is 5.11 Å². The third kappa shape index (κ3) is 4.87. The highest BCUT2D eigenvalue weighted by Crippen LogP contribution is 2.28. The maximum absolute atomic E-state index is 11.6. The topological polar surface area (TPSA) is 78.6 Å². The van der Waals surface area contributed by atoms with Crippen molar-refractivity contribution in [3.63, 3.8) is 0 Å². The summed E-state index contributed by atoms with van der Waals surface area (Å²) in [6.45, 7) is 1.24. The standard InChI is InChI=1S/C16H23N3O2S/c17-15(22)18-10-12-6-8-14(9-7-12)19(16(20)21)11-13-4-2-1-3-5-13/h1-5,12,14H,6-11H2,(H,20,21)(H3,17,18,22)/t12-,14-. The zero-order valence-electron chi connectivity index (χ0n) is 12.6. The van der Waals surface area contributed by atoms with Gasteiger partial charge >= 0.3 is 6.09 Å². The second kappa shape index (κ2) is 7.98. The highest BCUT2D eigenvalue weighted by molar-refractivity contribution is 7.80. The molecule has 0 radical (unpaired) electrons. The lowest BCUT2D eigenvalue weighted by Crippen LogP contribution is -2.42. The lowest BCUT2D eigenvalue weighted by Gasteiger charge is -2.35. The number of benzene rings is 1. The summed E-state index contributed by atoms with van der Waals surface area (Å²) in [5.41, 5.74) is 6.47. The minimum Gasteiger partial charge on any atom is -0.465 e. The lowest BCUT2D eigenvalue weighted by molar-refractivity contribution is 0.0993. The molecule has 0 heterocycles. The molecule has 0 saturated heterocycles. The predicted molar refractivity (Wildman–Crippen MR) is 90.5 cm³/mol. The van der Waals surface area contributed by atoms with E-state index in [1.807, 2.05) is 30.3 Å². The Hall–Kier alpha value is -1.82. The summed E-state index contributed by atoms with van der Waals surface area (Å²) in [5, 5.41) is 12.8. The molecule has 0 unspecified atom stereocenters. The minimum absolute atomic E-state index is 0.0961. The number of hydrogen-bond donors (Lipinski definition) is 3. The fourth-order valence-electron chi connectivity index (χ4n) is 3.04. The molecule has 6 heteroatoms. The minimum atomic E-state index is -0.839. The van der Waals surface area contributed by atoms with Crippen molar-refractivity contribution in [1.82, 2.24) is 10.2 Å². The molecule has 1 aromatic rings. The van der Waals surface area contributed by atoms with E-state index in [0.29, 0.717) is 17.6 Å². The van der Waals surface area contributed by atoms with Crippen molar-refractivity contribution in [1.29, 1.82) is 0 Å². The molecule has 4 N–H and O–H groups in total. The van der Waals surface area contributed by atoms with Crippen LogP contribution in [0.15, 0.2) is 30.3 Å². The third-order valence-corrected chi connectivity index (χ3v) is 4.41. The zero-order chi connectivity index (χ0) is 15.9. The molecule has 22 heavy (non-hydrogen) atoms. The Kier molecular flexibility index (Phi) is 6.00. The van der Waals surface area contributed by atoms with Gasteiger partial charge in [0.2, 0.25) is 0 Å². The van der Waals surface area contributed by atoms with Crippen molar-refractivity contribution < 1.29 is 9.90 Å². The Morgan fingerprint density at radius 1 is 1.27 bits per heavy atom. The van der Waals surface area contributed by atoms with Gasteiger partial charge in [-0.15, -0.1) is 0 Å². The SMILES string of the molecule is NC(=S)NC[C@H]1CC[C@H](N(Cc2ccccc2)C(=O)O)CC1. The quantitative estimate of drug-likeness (QED) is 0.727. The summed E-state index contributed by atoms with van der Waals surface area (Å²) in [6.07, 6.45) is 2.94. The molecule has 2 rings (SSSR count). The van der Waals surface area contributed by atoms with Gasteiger partial charge in [-0.05, 0) is 49.4 Å². The largest absolute Gasteiger partial charge is 0.465 e. The second-order valence-corrected chi connectivity index (χ2v) is 6.26. The third-order valence-electron chi connectivity index (χ3n) is 4.26. The summed E-state index contributed by atoms with van der Waals surface area (Å²) < 4.78 is 0. The normalized spacial score (nSPS) is 21.1. The molecule has 1 aliphatic carbocycles. The molecule has 1 saturated carbocycles. The molecule has 5 nitrogen and oxygen atoms in total. The fourth-order valence-corrected chi connectivity index (χ4v) is 3.12. The average Bonchev–Trinajstić information content (AvgIpc) is 2.52. The molecule has 0 aliphatic heterocycles. The number of thiocarbonyl (C=S) groups is 1. The van der Waals surface area contributed by atoms with Crippen LogP contribution < -0.4 is 11.1 Å². The van der Waals surface area contributed by atoms with Crippen LogP contribution in [0.3, 0.4) is 0 Å². The van der Waals surface area contributed by atoms with E-state index in [1.165, 1.54) is 0 Å². The van der Waals surface area contributed by atoms with E-state index in [0.717, 1.165) is 37.8 Å². The summed E-state index contributed by atoms with van der Waals surface area (Å²) in [7, 11) is 0. The number of hydrogen-bond acceptors (Lipinski definition) is 2. The first-order valence-corrected chi connectivity index (χ1v) is 8.04. The molecule has 1 aliphatic rings. The van der Waals surface area contributed by atoms with Crippen LogP contribution in [0.25, 0.3) is 0 Å². The van der Waals surface area contributed by atoms with Crippen LogP contribution in [0.2, 0.25) is 0 Å². The van der Waals surface area contributed by atoms with Gasteiger partial charge in [0.25, 0.3) is 0 Å². The highest BCUT2D eigenvalue weighted by atomic mass is 32.1. The Bertz CT molecular complexity index is 501. The van der Waals surface area contributed by atoms with Crippen molar-refractivity contribution in [3.8, 4) is 0 Å². The van der Waals surface area contributed by atoms with Crippen LogP contribution in [0.4, 0.5) is 4.79 Å². The van der Waals surface area contributed by atoms with Gasteiger partial charge in [-0.2, -0.15) is 0 Å². The van der Waals surface area contributed by atoms with Crippen molar-refractivity contribution in [3.05, 3.63) is 35.9 Å². The van der Waals surface area contributed by atoms with E-state index in [9.17, 15) is 9.90 Å². The van der Waals surface area contributed by atoms with E-state index >= 15 is 0 Å². The van der Waals surface area contributed by atoms with Crippen LogP contribution in [0.5, 0.6) is 0 Å². The molecule has 120 valence electrons. The molecule has 0 bridgehead atoms. The fraction of sp³-hybridized carbons (Fsp3) is 0.500. The molecule has 1 aromatic carbocycles. The van der Waals surface area contributed by atoms with Gasteiger partial charge in [-0.1, -0.05) is 30.3 Å². The predicted octanol–water partition coefficient (Wildman–Crippen LogP) is 2.56. The van der Waals surface area contributed by atoms with Gasteiger partial charge in [-0.25, -0.2) is 4.79 Å². The molecule has 1 amide bonds. The molecule has 0 aromatic heterocycles. The van der Waals surface area contributed by atoms with Crippen LogP contribution in [-0.4, -0.2) is 33.8 Å². The van der Waals surface area contributed by atoms with E-state index in [4.69, 9.17) is 18.0 Å². The number of nitrogens with one attached hydrogen (secondary N) is 1. The van der Waals surface area contributed by atoms with Crippen molar-refractivity contribution in [2.24, 2.45) is 11.7 Å². The lowest BCUT2D eigenvalue weighted by atomic mass is 9.85. The zero-order valence-corrected chi connectivity index (χ0v) is 13.4. The first-order valence-electron chi connectivity index (χ1n) is 7.63. The summed E-state index contributed by atoms with van der Waals surface area (Å²) >= 11 is 4.82. The first-order chi connectivity index (χ1) is 10.6. The number of nitrogens with zero attached hydrogens (tertiary/aromatic N) is 1. The van der Waals surface area contributed by atoms with Crippen LogP contribution in [0.1, 0.15) is 31.2 Å². The number of carbonyl (C=O) groups is 1. The average molecular weight is 321 g/mol. The molecular weight excluding hydrogens is 298 g/mol. The number of rotatable bonds is 5. The maximum atomic E-state index is 11.6. The number of amides is 1. The highest BCUT2D eigenvalue weighted by Gasteiger charge is 2.28. The van der Waals surface area contributed by atoms with E-state index in [-0.39, 0.29) is 6.04 Å². The van der Waals surface area contributed by atoms with E-state index in [2.05, 4.69) is 5.32 Å². The Balaban J connectivity index is 1.89. The van der Waals surface area contributed by atoms with Crippen LogP contribution >= 0.6 is 12.2 Å². The molecular formula is C16H23N3O2S. The number of nitrogens with two attached hydrogens (primary N) is 1.